The van der Waals surface area contributed by atoms with Crippen molar-refractivity contribution < 1.29 is 26.3 Å². The Labute approximate surface area is 94.2 Å². The second kappa shape index (κ2) is 4.23. The number of hydrogen-bond donors (Lipinski definition) is 0. The van der Waals surface area contributed by atoms with E-state index >= 15 is 0 Å². The van der Waals surface area contributed by atoms with Crippen molar-refractivity contribution in [3.63, 3.8) is 0 Å². The highest BCUT2D eigenvalue weighted by Crippen LogP contribution is 2.38. The third-order valence-electron chi connectivity index (χ3n) is 2.41. The van der Waals surface area contributed by atoms with Gasteiger partial charge in [-0.2, -0.15) is 26.3 Å². The van der Waals surface area contributed by atoms with Crippen molar-refractivity contribution >= 4 is 0 Å². The Balaban J connectivity index is 3.47. The van der Waals surface area contributed by atoms with E-state index in [-0.39, 0.29) is 12.0 Å². The molecule has 0 fully saturated rings. The van der Waals surface area contributed by atoms with Gasteiger partial charge in [0.1, 0.15) is 0 Å². The number of benzene rings is 1. The summed E-state index contributed by atoms with van der Waals surface area (Å²) in [5.74, 6) is 0. The summed E-state index contributed by atoms with van der Waals surface area (Å²) >= 11 is 0. The number of alkyl halides is 6. The largest absolute Gasteiger partial charge is 0.416 e. The Hall–Kier alpha value is -1.20. The molecule has 0 aliphatic rings. The molecule has 0 atom stereocenters. The van der Waals surface area contributed by atoms with Crippen molar-refractivity contribution in [3.8, 4) is 0 Å². The summed E-state index contributed by atoms with van der Waals surface area (Å²) in [4.78, 5) is 0. The molecule has 1 aromatic carbocycles. The van der Waals surface area contributed by atoms with Gasteiger partial charge in [-0.15, -0.1) is 0 Å². The predicted octanol–water partition coefficient (Wildman–Crippen LogP) is 4.60. The normalized spacial score (nSPS) is 12.9. The smallest absolute Gasteiger partial charge is 0.166 e. The molecule has 0 nitrogen and oxygen atoms in total. The molecule has 0 aromatic heterocycles. The Morgan fingerprint density at radius 3 is 1.82 bits per heavy atom. The third-order valence-corrected chi connectivity index (χ3v) is 2.41. The Morgan fingerprint density at radius 2 is 1.47 bits per heavy atom. The van der Waals surface area contributed by atoms with Crippen molar-refractivity contribution in [1.29, 1.82) is 0 Å². The molecule has 0 aliphatic carbocycles. The van der Waals surface area contributed by atoms with Crippen molar-refractivity contribution in [2.45, 2.75) is 32.6 Å². The van der Waals surface area contributed by atoms with E-state index in [2.05, 4.69) is 0 Å². The summed E-state index contributed by atoms with van der Waals surface area (Å²) in [5.41, 5.74) is -2.73. The average Bonchev–Trinajstić information content (AvgIpc) is 2.12. The van der Waals surface area contributed by atoms with Crippen LogP contribution in [-0.2, 0) is 18.8 Å². The maximum Gasteiger partial charge on any atom is 0.416 e. The Bertz CT molecular complexity index is 413. The molecule has 0 spiro atoms. The molecule has 1 aromatic rings. The zero-order chi connectivity index (χ0) is 13.4. The summed E-state index contributed by atoms with van der Waals surface area (Å²) in [7, 11) is 0. The zero-order valence-corrected chi connectivity index (χ0v) is 9.13. The lowest BCUT2D eigenvalue weighted by atomic mass is 9.96. The molecule has 1 rings (SSSR count). The summed E-state index contributed by atoms with van der Waals surface area (Å²) in [6, 6.07) is 1.10. The van der Waals surface area contributed by atoms with Crippen LogP contribution in [0.1, 0.15) is 29.2 Å². The molecule has 0 unspecified atom stereocenters. The number of aryl methyl sites for hydroxylation is 2. The second-order valence-corrected chi connectivity index (χ2v) is 3.68. The second-order valence-electron chi connectivity index (χ2n) is 3.68. The summed E-state index contributed by atoms with van der Waals surface area (Å²) in [6.07, 6.45) is -9.35. The minimum absolute atomic E-state index is 0.0976. The zero-order valence-electron chi connectivity index (χ0n) is 9.13. The third kappa shape index (κ3) is 2.92. The monoisotopic (exact) mass is 256 g/mol. The van der Waals surface area contributed by atoms with E-state index in [0.29, 0.717) is 12.1 Å². The van der Waals surface area contributed by atoms with Crippen LogP contribution in [0.5, 0.6) is 0 Å². The van der Waals surface area contributed by atoms with Gasteiger partial charge >= 0.3 is 12.4 Å². The highest BCUT2D eigenvalue weighted by molar-refractivity contribution is 5.41. The van der Waals surface area contributed by atoms with Crippen LogP contribution in [0.25, 0.3) is 0 Å². The fourth-order valence-corrected chi connectivity index (χ4v) is 1.71. The van der Waals surface area contributed by atoms with E-state index in [1.807, 2.05) is 0 Å². The molecule has 0 heterocycles. The van der Waals surface area contributed by atoms with E-state index in [0.717, 1.165) is 6.92 Å². The molecule has 0 saturated heterocycles. The van der Waals surface area contributed by atoms with Gasteiger partial charge in [-0.3, -0.25) is 0 Å². The van der Waals surface area contributed by atoms with Gasteiger partial charge in [0.2, 0.25) is 0 Å². The van der Waals surface area contributed by atoms with Gasteiger partial charge in [0, 0.05) is 0 Å². The van der Waals surface area contributed by atoms with E-state index in [4.69, 9.17) is 0 Å². The van der Waals surface area contributed by atoms with Gasteiger partial charge in [-0.05, 0) is 36.6 Å². The average molecular weight is 256 g/mol. The van der Waals surface area contributed by atoms with E-state index in [1.54, 1.807) is 0 Å². The lowest BCUT2D eigenvalue weighted by Crippen LogP contribution is -2.14. The first-order valence-corrected chi connectivity index (χ1v) is 4.85. The maximum atomic E-state index is 12.6. The molecule has 96 valence electrons. The minimum atomic E-state index is -4.63. The molecule has 6 heteroatoms. The summed E-state index contributed by atoms with van der Waals surface area (Å²) in [5, 5.41) is 0. The van der Waals surface area contributed by atoms with Gasteiger partial charge in [-0.25, -0.2) is 0 Å². The van der Waals surface area contributed by atoms with Crippen molar-refractivity contribution in [2.75, 3.05) is 0 Å². The lowest BCUT2D eigenvalue weighted by molar-refractivity contribution is -0.142. The molecular formula is C11H10F6. The Morgan fingerprint density at radius 1 is 0.941 bits per heavy atom. The van der Waals surface area contributed by atoms with Crippen LogP contribution >= 0.6 is 0 Å². The van der Waals surface area contributed by atoms with Gasteiger partial charge in [0.15, 0.2) is 0 Å². The molecule has 0 amide bonds. The highest BCUT2D eigenvalue weighted by Gasteiger charge is 2.38. The minimum Gasteiger partial charge on any atom is -0.166 e. The van der Waals surface area contributed by atoms with Crippen LogP contribution in [0, 0.1) is 6.92 Å². The maximum absolute atomic E-state index is 12.6. The SMILES string of the molecule is CCc1cc(C(F)(F)F)cc(C)c1C(F)(F)F. The molecule has 0 aliphatic heterocycles. The number of halogens is 6. The lowest BCUT2D eigenvalue weighted by Gasteiger charge is -2.17. The standard InChI is InChI=1S/C11H10F6/c1-3-7-5-8(10(12,13)14)4-6(2)9(7)11(15,16)17/h4-5H,3H2,1-2H3. The fraction of sp³-hybridized carbons (Fsp3) is 0.455. The quantitative estimate of drug-likeness (QED) is 0.644. The fourth-order valence-electron chi connectivity index (χ4n) is 1.71. The first-order valence-electron chi connectivity index (χ1n) is 4.85. The van der Waals surface area contributed by atoms with Crippen LogP contribution in [0.15, 0.2) is 12.1 Å². The summed E-state index contributed by atoms with van der Waals surface area (Å²) in [6.45, 7) is 2.43. The number of rotatable bonds is 1. The first-order chi connectivity index (χ1) is 7.57. The Kier molecular flexibility index (Phi) is 3.45. The van der Waals surface area contributed by atoms with Gasteiger partial charge in [0.05, 0.1) is 11.1 Å². The van der Waals surface area contributed by atoms with Crippen molar-refractivity contribution in [3.05, 3.63) is 34.4 Å². The van der Waals surface area contributed by atoms with Crippen LogP contribution in [0.3, 0.4) is 0 Å². The first kappa shape index (κ1) is 13.9. The molecule has 0 radical (unpaired) electrons. The topological polar surface area (TPSA) is 0 Å². The highest BCUT2D eigenvalue weighted by atomic mass is 19.4. The molecule has 17 heavy (non-hydrogen) atoms. The van der Waals surface area contributed by atoms with Gasteiger partial charge < -0.3 is 0 Å². The van der Waals surface area contributed by atoms with Crippen LogP contribution in [0.2, 0.25) is 0 Å². The van der Waals surface area contributed by atoms with Gasteiger partial charge in [-0.1, -0.05) is 6.92 Å². The van der Waals surface area contributed by atoms with Gasteiger partial charge in [0.25, 0.3) is 0 Å². The molecule has 0 bridgehead atoms. The molecule has 0 saturated carbocycles. The van der Waals surface area contributed by atoms with Crippen LogP contribution in [-0.4, -0.2) is 0 Å². The molecule has 0 N–H and O–H groups in total. The summed E-state index contributed by atoms with van der Waals surface area (Å²) < 4.78 is 75.2. The number of hydrogen-bond acceptors (Lipinski definition) is 0. The van der Waals surface area contributed by atoms with E-state index < -0.39 is 29.0 Å². The molecular weight excluding hydrogens is 246 g/mol. The van der Waals surface area contributed by atoms with Crippen LogP contribution < -0.4 is 0 Å². The van der Waals surface area contributed by atoms with Crippen molar-refractivity contribution in [1.82, 2.24) is 0 Å². The van der Waals surface area contributed by atoms with Crippen molar-refractivity contribution in [2.24, 2.45) is 0 Å². The van der Waals surface area contributed by atoms with E-state index in [9.17, 15) is 26.3 Å². The predicted molar refractivity (Wildman–Crippen MR) is 50.6 cm³/mol. The van der Waals surface area contributed by atoms with Crippen LogP contribution in [0.4, 0.5) is 26.3 Å². The van der Waals surface area contributed by atoms with E-state index in [1.165, 1.54) is 6.92 Å².